The number of rotatable bonds is 2. The van der Waals surface area contributed by atoms with Gasteiger partial charge in [0.05, 0.1) is 5.69 Å². The molecule has 0 atom stereocenters. The maximum absolute atomic E-state index is 13.9. The number of hydrogen-bond acceptors (Lipinski definition) is 2. The summed E-state index contributed by atoms with van der Waals surface area (Å²) in [4.78, 5) is 1.05. The molecule has 0 unspecified atom stereocenters. The van der Waals surface area contributed by atoms with Crippen LogP contribution in [0.15, 0.2) is 47.4 Å². The number of benzene rings is 2. The zero-order valence-corrected chi connectivity index (χ0v) is 9.72. The molecule has 3 heteroatoms. The standard InChI is InChI=1S/C13H12FNS/c1-16-12-8-3-2-5-9(12)10-6-4-7-11(15)13(10)14/h2-8H,15H2,1H3. The van der Waals surface area contributed by atoms with Gasteiger partial charge in [0.2, 0.25) is 0 Å². The minimum atomic E-state index is -0.344. The van der Waals surface area contributed by atoms with Crippen LogP contribution in [0.25, 0.3) is 11.1 Å². The SMILES string of the molecule is CSc1ccccc1-c1cccc(N)c1F. The lowest BCUT2D eigenvalue weighted by Crippen LogP contribution is -1.93. The summed E-state index contributed by atoms with van der Waals surface area (Å²) in [6.07, 6.45) is 1.98. The number of anilines is 1. The maximum atomic E-state index is 13.9. The first-order valence-corrected chi connectivity index (χ1v) is 6.14. The molecular formula is C13H12FNS. The quantitative estimate of drug-likeness (QED) is 0.630. The summed E-state index contributed by atoms with van der Waals surface area (Å²) in [6, 6.07) is 12.8. The van der Waals surface area contributed by atoms with E-state index in [9.17, 15) is 4.39 Å². The van der Waals surface area contributed by atoms with E-state index < -0.39 is 0 Å². The first-order chi connectivity index (χ1) is 7.74. The van der Waals surface area contributed by atoms with E-state index in [1.54, 1.807) is 30.0 Å². The molecule has 1 nitrogen and oxygen atoms in total. The van der Waals surface area contributed by atoms with Gasteiger partial charge >= 0.3 is 0 Å². The largest absolute Gasteiger partial charge is 0.396 e. The lowest BCUT2D eigenvalue weighted by atomic mass is 10.0. The van der Waals surface area contributed by atoms with E-state index in [4.69, 9.17) is 5.73 Å². The van der Waals surface area contributed by atoms with Gasteiger partial charge in [0, 0.05) is 10.5 Å². The average Bonchev–Trinajstić information content (AvgIpc) is 2.33. The molecule has 0 saturated carbocycles. The Morgan fingerprint density at radius 2 is 1.69 bits per heavy atom. The highest BCUT2D eigenvalue weighted by molar-refractivity contribution is 7.98. The van der Waals surface area contributed by atoms with Gasteiger partial charge < -0.3 is 5.73 Å². The third-order valence-corrected chi connectivity index (χ3v) is 3.22. The fraction of sp³-hybridized carbons (Fsp3) is 0.0769. The molecule has 2 N–H and O–H groups in total. The van der Waals surface area contributed by atoms with Gasteiger partial charge in [-0.05, 0) is 24.0 Å². The van der Waals surface area contributed by atoms with Crippen LogP contribution in [0.3, 0.4) is 0 Å². The second-order valence-electron chi connectivity index (χ2n) is 3.41. The summed E-state index contributed by atoms with van der Waals surface area (Å²) < 4.78 is 13.9. The number of halogens is 1. The van der Waals surface area contributed by atoms with Gasteiger partial charge in [-0.3, -0.25) is 0 Å². The molecule has 0 saturated heterocycles. The van der Waals surface area contributed by atoms with Crippen molar-refractivity contribution >= 4 is 17.4 Å². The summed E-state index contributed by atoms with van der Waals surface area (Å²) in [5.41, 5.74) is 7.20. The van der Waals surface area contributed by atoms with Crippen molar-refractivity contribution in [3.63, 3.8) is 0 Å². The summed E-state index contributed by atoms with van der Waals surface area (Å²) in [5.74, 6) is -0.344. The second-order valence-corrected chi connectivity index (χ2v) is 4.26. The van der Waals surface area contributed by atoms with Gasteiger partial charge in [0.15, 0.2) is 5.82 Å². The number of nitrogen functional groups attached to an aromatic ring is 1. The van der Waals surface area contributed by atoms with Crippen LogP contribution in [0.4, 0.5) is 10.1 Å². The van der Waals surface area contributed by atoms with Gasteiger partial charge in [-0.25, -0.2) is 4.39 Å². The molecule has 0 spiro atoms. The van der Waals surface area contributed by atoms with Gasteiger partial charge in [0.1, 0.15) is 0 Å². The van der Waals surface area contributed by atoms with Crippen LogP contribution < -0.4 is 5.73 Å². The normalized spacial score (nSPS) is 10.4. The zero-order valence-electron chi connectivity index (χ0n) is 8.91. The molecule has 0 amide bonds. The molecule has 16 heavy (non-hydrogen) atoms. The lowest BCUT2D eigenvalue weighted by Gasteiger charge is -2.09. The van der Waals surface area contributed by atoms with Crippen LogP contribution in [0.1, 0.15) is 0 Å². The number of thioether (sulfide) groups is 1. The Morgan fingerprint density at radius 3 is 2.44 bits per heavy atom. The van der Waals surface area contributed by atoms with Crippen molar-refractivity contribution in [2.75, 3.05) is 12.0 Å². The summed E-state index contributed by atoms with van der Waals surface area (Å²) in [6.45, 7) is 0. The van der Waals surface area contributed by atoms with Crippen molar-refractivity contribution in [3.05, 3.63) is 48.3 Å². The molecular weight excluding hydrogens is 221 g/mol. The summed E-state index contributed by atoms with van der Waals surface area (Å²) in [5, 5.41) is 0. The average molecular weight is 233 g/mol. The van der Waals surface area contributed by atoms with E-state index in [2.05, 4.69) is 0 Å². The lowest BCUT2D eigenvalue weighted by molar-refractivity contribution is 0.635. The van der Waals surface area contributed by atoms with Crippen LogP contribution in [0.5, 0.6) is 0 Å². The van der Waals surface area contributed by atoms with Crippen molar-refractivity contribution in [3.8, 4) is 11.1 Å². The molecule has 0 heterocycles. The van der Waals surface area contributed by atoms with Crippen LogP contribution >= 0.6 is 11.8 Å². The highest BCUT2D eigenvalue weighted by Gasteiger charge is 2.10. The first-order valence-electron chi connectivity index (χ1n) is 4.91. The van der Waals surface area contributed by atoms with Gasteiger partial charge in [-0.1, -0.05) is 30.3 Å². The highest BCUT2D eigenvalue weighted by atomic mass is 32.2. The monoisotopic (exact) mass is 233 g/mol. The molecule has 0 aliphatic heterocycles. The summed E-state index contributed by atoms with van der Waals surface area (Å²) in [7, 11) is 0. The molecule has 0 aromatic heterocycles. The Labute approximate surface area is 98.5 Å². The second kappa shape index (κ2) is 4.58. The Balaban J connectivity index is 2.63. The molecule has 0 radical (unpaired) electrons. The van der Waals surface area contributed by atoms with Crippen molar-refractivity contribution in [2.24, 2.45) is 0 Å². The minimum Gasteiger partial charge on any atom is -0.396 e. The van der Waals surface area contributed by atoms with Gasteiger partial charge in [-0.2, -0.15) is 0 Å². The third kappa shape index (κ3) is 1.91. The smallest absolute Gasteiger partial charge is 0.153 e. The maximum Gasteiger partial charge on any atom is 0.153 e. The van der Waals surface area contributed by atoms with E-state index in [1.165, 1.54) is 0 Å². The van der Waals surface area contributed by atoms with E-state index in [-0.39, 0.29) is 11.5 Å². The van der Waals surface area contributed by atoms with Crippen molar-refractivity contribution < 1.29 is 4.39 Å². The Hall–Kier alpha value is -1.48. The topological polar surface area (TPSA) is 26.0 Å². The Bertz CT molecular complexity index is 511. The fourth-order valence-electron chi connectivity index (χ4n) is 1.63. The molecule has 0 bridgehead atoms. The highest BCUT2D eigenvalue weighted by Crippen LogP contribution is 2.33. The predicted molar refractivity (Wildman–Crippen MR) is 68.0 cm³/mol. The Kier molecular flexibility index (Phi) is 3.15. The summed E-state index contributed by atoms with van der Waals surface area (Å²) >= 11 is 1.60. The number of hydrogen-bond donors (Lipinski definition) is 1. The molecule has 2 aromatic rings. The van der Waals surface area contributed by atoms with E-state index in [0.717, 1.165) is 10.5 Å². The predicted octanol–water partition coefficient (Wildman–Crippen LogP) is 3.80. The minimum absolute atomic E-state index is 0.188. The fourth-order valence-corrected chi connectivity index (χ4v) is 2.24. The molecule has 0 fully saturated rings. The molecule has 0 aliphatic carbocycles. The first kappa shape index (κ1) is 11.0. The van der Waals surface area contributed by atoms with Crippen molar-refractivity contribution in [1.29, 1.82) is 0 Å². The Morgan fingerprint density at radius 1 is 1.00 bits per heavy atom. The molecule has 82 valence electrons. The van der Waals surface area contributed by atoms with E-state index >= 15 is 0 Å². The van der Waals surface area contributed by atoms with E-state index in [1.807, 2.05) is 30.5 Å². The van der Waals surface area contributed by atoms with Crippen molar-refractivity contribution in [1.82, 2.24) is 0 Å². The molecule has 2 aromatic carbocycles. The third-order valence-electron chi connectivity index (χ3n) is 2.43. The molecule has 0 aliphatic rings. The zero-order chi connectivity index (χ0) is 11.5. The van der Waals surface area contributed by atoms with E-state index in [0.29, 0.717) is 5.56 Å². The molecule has 2 rings (SSSR count). The van der Waals surface area contributed by atoms with Gasteiger partial charge in [0.25, 0.3) is 0 Å². The number of nitrogens with two attached hydrogens (primary N) is 1. The van der Waals surface area contributed by atoms with Crippen LogP contribution in [-0.4, -0.2) is 6.26 Å². The van der Waals surface area contributed by atoms with Crippen molar-refractivity contribution in [2.45, 2.75) is 4.90 Å². The van der Waals surface area contributed by atoms with Crippen LogP contribution in [0, 0.1) is 5.82 Å². The van der Waals surface area contributed by atoms with Crippen LogP contribution in [0.2, 0.25) is 0 Å². The van der Waals surface area contributed by atoms with Gasteiger partial charge in [-0.15, -0.1) is 11.8 Å². The van der Waals surface area contributed by atoms with Crippen LogP contribution in [-0.2, 0) is 0 Å².